The lowest BCUT2D eigenvalue weighted by Crippen LogP contribution is -2.25. The van der Waals surface area contributed by atoms with E-state index in [1.54, 1.807) is 0 Å². The van der Waals surface area contributed by atoms with E-state index in [1.807, 2.05) is 25.1 Å². The van der Waals surface area contributed by atoms with Gasteiger partial charge in [0, 0.05) is 12.1 Å². The Labute approximate surface area is 108 Å². The molecule has 0 spiro atoms. The summed E-state index contributed by atoms with van der Waals surface area (Å²) in [5.41, 5.74) is 2.25. The molecule has 0 radical (unpaired) electrons. The van der Waals surface area contributed by atoms with E-state index in [4.69, 9.17) is 5.11 Å². The van der Waals surface area contributed by atoms with E-state index in [0.29, 0.717) is 17.7 Å². The third-order valence-corrected chi connectivity index (χ3v) is 2.54. The number of amides is 1. The zero-order valence-corrected chi connectivity index (χ0v) is 10.9. The van der Waals surface area contributed by atoms with Crippen LogP contribution >= 0.6 is 0 Å². The second kappa shape index (κ2) is 7.52. The predicted octanol–water partition coefficient (Wildman–Crippen LogP) is 1.87. The molecule has 1 amide bonds. The number of nitrogens with one attached hydrogen (secondary N) is 1. The van der Waals surface area contributed by atoms with E-state index in [1.165, 1.54) is 0 Å². The van der Waals surface area contributed by atoms with Crippen molar-refractivity contribution >= 4 is 5.91 Å². The molecule has 0 atom stereocenters. The average molecular weight is 245 g/mol. The molecule has 0 aromatic heterocycles. The number of unbranched alkanes of at least 4 members (excludes halogenated alkanes) is 1. The molecular weight excluding hydrogens is 226 g/mol. The normalized spacial score (nSPS) is 9.50. The van der Waals surface area contributed by atoms with Gasteiger partial charge in [-0.15, -0.1) is 0 Å². The van der Waals surface area contributed by atoms with Gasteiger partial charge in [0.1, 0.15) is 6.61 Å². The van der Waals surface area contributed by atoms with E-state index in [-0.39, 0.29) is 12.5 Å². The molecule has 0 unspecified atom stereocenters. The molecule has 96 valence electrons. The van der Waals surface area contributed by atoms with Gasteiger partial charge in [-0.3, -0.25) is 4.79 Å². The fraction of sp³-hybridized carbons (Fsp3) is 0.400. The number of aryl methyl sites for hydroxylation is 1. The molecule has 1 rings (SSSR count). The van der Waals surface area contributed by atoms with Gasteiger partial charge in [-0.1, -0.05) is 36.8 Å². The minimum Gasteiger partial charge on any atom is -0.384 e. The lowest BCUT2D eigenvalue weighted by molar-refractivity contribution is 0.0953. The van der Waals surface area contributed by atoms with E-state index in [2.05, 4.69) is 24.1 Å². The first-order valence-electron chi connectivity index (χ1n) is 6.17. The van der Waals surface area contributed by atoms with Gasteiger partial charge in [-0.25, -0.2) is 0 Å². The number of hydrogen-bond donors (Lipinski definition) is 2. The van der Waals surface area contributed by atoms with Crippen LogP contribution in [-0.2, 0) is 0 Å². The van der Waals surface area contributed by atoms with Crippen LogP contribution in [-0.4, -0.2) is 24.2 Å². The molecule has 1 aromatic rings. The molecule has 0 aliphatic carbocycles. The standard InChI is InChI=1S/C15H19NO2/c1-3-4-9-16-15(18)14-11-12(2)7-8-13(14)6-5-10-17/h7-8,11,17H,3-4,9-10H2,1-2H3,(H,16,18). The zero-order chi connectivity index (χ0) is 13.4. The predicted molar refractivity (Wildman–Crippen MR) is 72.4 cm³/mol. The Morgan fingerprint density at radius 2 is 2.22 bits per heavy atom. The van der Waals surface area contributed by atoms with Crippen molar-refractivity contribution in [1.82, 2.24) is 5.32 Å². The SMILES string of the molecule is CCCCNC(=O)c1cc(C)ccc1C#CCO. The van der Waals surface area contributed by atoms with Crippen LogP contribution in [0.25, 0.3) is 0 Å². The summed E-state index contributed by atoms with van der Waals surface area (Å²) in [4.78, 5) is 12.0. The molecule has 0 aliphatic heterocycles. The molecule has 0 fully saturated rings. The summed E-state index contributed by atoms with van der Waals surface area (Å²) in [5.74, 6) is 5.27. The van der Waals surface area contributed by atoms with E-state index in [0.717, 1.165) is 18.4 Å². The third kappa shape index (κ3) is 4.23. The van der Waals surface area contributed by atoms with Crippen molar-refractivity contribution in [2.45, 2.75) is 26.7 Å². The van der Waals surface area contributed by atoms with Crippen molar-refractivity contribution < 1.29 is 9.90 Å². The summed E-state index contributed by atoms with van der Waals surface area (Å²) < 4.78 is 0. The van der Waals surface area contributed by atoms with Crippen LogP contribution in [0.3, 0.4) is 0 Å². The molecule has 18 heavy (non-hydrogen) atoms. The number of aliphatic hydroxyl groups is 1. The lowest BCUT2D eigenvalue weighted by atomic mass is 10.0. The quantitative estimate of drug-likeness (QED) is 0.628. The zero-order valence-electron chi connectivity index (χ0n) is 10.9. The number of carbonyl (C=O) groups excluding carboxylic acids is 1. The first-order chi connectivity index (χ1) is 8.69. The number of benzene rings is 1. The second-order valence-corrected chi connectivity index (χ2v) is 4.12. The molecule has 0 saturated heterocycles. The average Bonchev–Trinajstić information content (AvgIpc) is 2.37. The minimum atomic E-state index is -0.204. The Bertz CT molecular complexity index is 469. The molecule has 0 aliphatic rings. The van der Waals surface area contributed by atoms with Gasteiger partial charge in [0.05, 0.1) is 5.56 Å². The summed E-state index contributed by atoms with van der Waals surface area (Å²) in [7, 11) is 0. The Morgan fingerprint density at radius 3 is 2.89 bits per heavy atom. The molecule has 2 N–H and O–H groups in total. The van der Waals surface area contributed by atoms with Crippen LogP contribution in [0.2, 0.25) is 0 Å². The van der Waals surface area contributed by atoms with Crippen molar-refractivity contribution in [3.63, 3.8) is 0 Å². The van der Waals surface area contributed by atoms with Crippen LogP contribution < -0.4 is 5.32 Å². The van der Waals surface area contributed by atoms with Gasteiger partial charge >= 0.3 is 0 Å². The lowest BCUT2D eigenvalue weighted by Gasteiger charge is -2.07. The van der Waals surface area contributed by atoms with E-state index < -0.39 is 0 Å². The summed E-state index contributed by atoms with van der Waals surface area (Å²) in [6, 6.07) is 5.54. The third-order valence-electron chi connectivity index (χ3n) is 2.54. The van der Waals surface area contributed by atoms with Crippen LogP contribution in [0.1, 0.15) is 41.3 Å². The summed E-state index contributed by atoms with van der Waals surface area (Å²) >= 11 is 0. The number of hydrogen-bond acceptors (Lipinski definition) is 2. The molecule has 3 heteroatoms. The van der Waals surface area contributed by atoms with Gasteiger partial charge in [-0.05, 0) is 25.5 Å². The number of aliphatic hydroxyl groups excluding tert-OH is 1. The highest BCUT2D eigenvalue weighted by Crippen LogP contribution is 2.10. The first-order valence-corrected chi connectivity index (χ1v) is 6.17. The highest BCUT2D eigenvalue weighted by molar-refractivity contribution is 5.96. The van der Waals surface area contributed by atoms with Gasteiger partial charge in [0.2, 0.25) is 0 Å². The smallest absolute Gasteiger partial charge is 0.252 e. The molecule has 0 heterocycles. The van der Waals surface area contributed by atoms with Gasteiger partial charge in [0.25, 0.3) is 5.91 Å². The molecule has 3 nitrogen and oxygen atoms in total. The fourth-order valence-corrected chi connectivity index (χ4v) is 1.56. The number of carbonyl (C=O) groups is 1. The summed E-state index contributed by atoms with van der Waals surface area (Å²) in [6.07, 6.45) is 2.01. The van der Waals surface area contributed by atoms with Gasteiger partial charge < -0.3 is 10.4 Å². The Balaban J connectivity index is 2.90. The Hall–Kier alpha value is -1.79. The molecule has 1 aromatic carbocycles. The number of rotatable bonds is 4. The van der Waals surface area contributed by atoms with Crippen molar-refractivity contribution in [3.05, 3.63) is 34.9 Å². The Kier molecular flexibility index (Phi) is 5.96. The monoisotopic (exact) mass is 245 g/mol. The summed E-state index contributed by atoms with van der Waals surface area (Å²) in [6.45, 7) is 4.49. The minimum absolute atomic E-state index is 0.102. The van der Waals surface area contributed by atoms with Crippen molar-refractivity contribution in [2.24, 2.45) is 0 Å². The summed E-state index contributed by atoms with van der Waals surface area (Å²) in [5, 5.41) is 11.6. The molecule has 0 saturated carbocycles. The maximum atomic E-state index is 12.0. The van der Waals surface area contributed by atoms with E-state index >= 15 is 0 Å². The van der Waals surface area contributed by atoms with Gasteiger partial charge in [-0.2, -0.15) is 0 Å². The highest BCUT2D eigenvalue weighted by Gasteiger charge is 2.09. The van der Waals surface area contributed by atoms with Crippen LogP contribution in [0.4, 0.5) is 0 Å². The van der Waals surface area contributed by atoms with Crippen molar-refractivity contribution in [2.75, 3.05) is 13.2 Å². The highest BCUT2D eigenvalue weighted by atomic mass is 16.2. The van der Waals surface area contributed by atoms with Gasteiger partial charge in [0.15, 0.2) is 0 Å². The fourth-order valence-electron chi connectivity index (χ4n) is 1.56. The first kappa shape index (κ1) is 14.3. The van der Waals surface area contributed by atoms with Crippen LogP contribution in [0.5, 0.6) is 0 Å². The molecular formula is C15H19NO2. The van der Waals surface area contributed by atoms with Crippen LogP contribution in [0.15, 0.2) is 18.2 Å². The second-order valence-electron chi connectivity index (χ2n) is 4.12. The van der Waals surface area contributed by atoms with Crippen molar-refractivity contribution in [1.29, 1.82) is 0 Å². The van der Waals surface area contributed by atoms with Crippen molar-refractivity contribution in [3.8, 4) is 11.8 Å². The Morgan fingerprint density at radius 1 is 1.44 bits per heavy atom. The van der Waals surface area contributed by atoms with Crippen LogP contribution in [0, 0.1) is 18.8 Å². The largest absolute Gasteiger partial charge is 0.384 e. The topological polar surface area (TPSA) is 49.3 Å². The maximum Gasteiger partial charge on any atom is 0.252 e. The maximum absolute atomic E-state index is 12.0. The van der Waals surface area contributed by atoms with E-state index in [9.17, 15) is 4.79 Å². The molecule has 0 bridgehead atoms.